The minimum atomic E-state index is -2.62. The monoisotopic (exact) mass is 294 g/mol. The Labute approximate surface area is 123 Å². The van der Waals surface area contributed by atoms with Crippen LogP contribution in [0.3, 0.4) is 0 Å². The minimum absolute atomic E-state index is 0.795. The standard InChI is InChI=1S/C16H27N2OP/c1-5-17(6-2)20(19,18(7-3)8-4)15-14-16-12-10-9-11-13-16/h9-15H,5-8H2,1-4H3/b15-14+. The number of rotatable bonds is 8. The van der Waals surface area contributed by atoms with E-state index in [1.54, 1.807) is 0 Å². The smallest absolute Gasteiger partial charge is 0.238 e. The van der Waals surface area contributed by atoms with E-state index < -0.39 is 7.44 Å². The highest BCUT2D eigenvalue weighted by atomic mass is 31.2. The van der Waals surface area contributed by atoms with Crippen LogP contribution in [0.5, 0.6) is 0 Å². The largest absolute Gasteiger partial charge is 0.284 e. The zero-order chi connectivity index (χ0) is 15.0. The summed E-state index contributed by atoms with van der Waals surface area (Å²) in [6, 6.07) is 10.1. The van der Waals surface area contributed by atoms with Gasteiger partial charge in [0.2, 0.25) is 7.44 Å². The van der Waals surface area contributed by atoms with Crippen molar-refractivity contribution in [1.29, 1.82) is 0 Å². The number of benzene rings is 1. The molecule has 1 aromatic rings. The molecule has 112 valence electrons. The Kier molecular flexibility index (Phi) is 7.22. The average Bonchev–Trinajstić information content (AvgIpc) is 2.49. The molecule has 0 N–H and O–H groups in total. The fraction of sp³-hybridized carbons (Fsp3) is 0.500. The molecular weight excluding hydrogens is 267 g/mol. The maximum Gasteiger partial charge on any atom is 0.238 e. The molecule has 0 heterocycles. The summed E-state index contributed by atoms with van der Waals surface area (Å²) in [5.74, 6) is 1.91. The first-order valence-electron chi connectivity index (χ1n) is 7.47. The van der Waals surface area contributed by atoms with E-state index in [9.17, 15) is 4.57 Å². The van der Waals surface area contributed by atoms with Gasteiger partial charge in [0.1, 0.15) is 0 Å². The Balaban J connectivity index is 3.11. The second-order valence-electron chi connectivity index (χ2n) is 4.59. The van der Waals surface area contributed by atoms with E-state index in [0.717, 1.165) is 31.7 Å². The molecule has 0 saturated carbocycles. The van der Waals surface area contributed by atoms with Gasteiger partial charge in [0.25, 0.3) is 0 Å². The molecule has 0 fully saturated rings. The van der Waals surface area contributed by atoms with Crippen LogP contribution in [0.15, 0.2) is 36.1 Å². The van der Waals surface area contributed by atoms with Crippen molar-refractivity contribution in [2.45, 2.75) is 27.7 Å². The fourth-order valence-corrected chi connectivity index (χ4v) is 5.09. The summed E-state index contributed by atoms with van der Waals surface area (Å²) in [6.07, 6.45) is 1.98. The lowest BCUT2D eigenvalue weighted by Gasteiger charge is -2.35. The number of hydrogen-bond donors (Lipinski definition) is 0. The molecule has 0 saturated heterocycles. The highest BCUT2D eigenvalue weighted by molar-refractivity contribution is 7.62. The van der Waals surface area contributed by atoms with Crippen molar-refractivity contribution in [1.82, 2.24) is 9.34 Å². The molecule has 0 spiro atoms. The molecule has 0 unspecified atom stereocenters. The molecule has 0 atom stereocenters. The van der Waals surface area contributed by atoms with Crippen molar-refractivity contribution in [2.75, 3.05) is 26.2 Å². The quantitative estimate of drug-likeness (QED) is 0.658. The van der Waals surface area contributed by atoms with Gasteiger partial charge in [-0.15, -0.1) is 0 Å². The van der Waals surface area contributed by atoms with E-state index in [-0.39, 0.29) is 0 Å². The Morgan fingerprint density at radius 2 is 1.35 bits per heavy atom. The van der Waals surface area contributed by atoms with Gasteiger partial charge in [-0.05, 0) is 11.6 Å². The first-order chi connectivity index (χ1) is 9.62. The summed E-state index contributed by atoms with van der Waals surface area (Å²) in [7, 11) is -2.62. The predicted molar refractivity (Wildman–Crippen MR) is 88.9 cm³/mol. The Bertz CT molecular complexity index is 435. The third-order valence-corrected chi connectivity index (χ3v) is 6.82. The molecule has 4 heteroatoms. The average molecular weight is 294 g/mol. The molecule has 1 rings (SSSR count). The molecule has 3 nitrogen and oxygen atoms in total. The SMILES string of the molecule is CCN(CC)P(=O)(/C=C/c1ccccc1)N(CC)CC. The third-order valence-electron chi connectivity index (χ3n) is 3.53. The van der Waals surface area contributed by atoms with Crippen molar-refractivity contribution in [3.63, 3.8) is 0 Å². The molecule has 0 amide bonds. The maximum absolute atomic E-state index is 13.5. The highest BCUT2D eigenvalue weighted by Crippen LogP contribution is 2.54. The second kappa shape index (κ2) is 8.41. The summed E-state index contributed by atoms with van der Waals surface area (Å²) >= 11 is 0. The molecule has 1 aromatic carbocycles. The molecule has 20 heavy (non-hydrogen) atoms. The van der Waals surface area contributed by atoms with Gasteiger partial charge < -0.3 is 0 Å². The summed E-state index contributed by atoms with van der Waals surface area (Å²) < 4.78 is 17.6. The molecule has 0 bridgehead atoms. The van der Waals surface area contributed by atoms with Crippen LogP contribution < -0.4 is 0 Å². The zero-order valence-corrected chi connectivity index (χ0v) is 14.0. The summed E-state index contributed by atoms with van der Waals surface area (Å²) in [4.78, 5) is 0. The zero-order valence-electron chi connectivity index (χ0n) is 13.1. The van der Waals surface area contributed by atoms with E-state index in [1.807, 2.05) is 42.2 Å². The van der Waals surface area contributed by atoms with Crippen LogP contribution in [0.4, 0.5) is 0 Å². The Morgan fingerprint density at radius 3 is 1.75 bits per heavy atom. The summed E-state index contributed by atoms with van der Waals surface area (Å²) in [5, 5.41) is 0. The molecule has 0 aliphatic rings. The predicted octanol–water partition coefficient (Wildman–Crippen LogP) is 4.53. The van der Waals surface area contributed by atoms with Crippen molar-refractivity contribution in [3.8, 4) is 0 Å². The van der Waals surface area contributed by atoms with Crippen LogP contribution >= 0.6 is 7.44 Å². The van der Waals surface area contributed by atoms with Gasteiger partial charge in [-0.1, -0.05) is 58.0 Å². The van der Waals surface area contributed by atoms with E-state index >= 15 is 0 Å². The van der Waals surface area contributed by atoms with Gasteiger partial charge in [-0.2, -0.15) is 0 Å². The van der Waals surface area contributed by atoms with Gasteiger partial charge in [-0.3, -0.25) is 4.57 Å². The van der Waals surface area contributed by atoms with Crippen LogP contribution in [0.2, 0.25) is 0 Å². The molecule has 0 aliphatic heterocycles. The Morgan fingerprint density at radius 1 is 0.900 bits per heavy atom. The van der Waals surface area contributed by atoms with Crippen LogP contribution in [-0.2, 0) is 4.57 Å². The van der Waals surface area contributed by atoms with Gasteiger partial charge in [0.05, 0.1) is 0 Å². The first-order valence-corrected chi connectivity index (χ1v) is 9.15. The van der Waals surface area contributed by atoms with Crippen molar-refractivity contribution >= 4 is 13.5 Å². The van der Waals surface area contributed by atoms with Crippen molar-refractivity contribution in [3.05, 3.63) is 41.7 Å². The van der Waals surface area contributed by atoms with Crippen LogP contribution in [-0.4, -0.2) is 35.5 Å². The number of nitrogens with zero attached hydrogens (tertiary/aromatic N) is 2. The third kappa shape index (κ3) is 4.05. The van der Waals surface area contributed by atoms with Crippen LogP contribution in [0.1, 0.15) is 33.3 Å². The van der Waals surface area contributed by atoms with E-state index in [1.165, 1.54) is 0 Å². The van der Waals surface area contributed by atoms with Gasteiger partial charge in [-0.25, -0.2) is 9.34 Å². The normalized spacial score (nSPS) is 12.7. The Hall–Kier alpha value is -0.890. The summed E-state index contributed by atoms with van der Waals surface area (Å²) in [6.45, 7) is 11.4. The lowest BCUT2D eigenvalue weighted by atomic mass is 10.2. The van der Waals surface area contributed by atoms with Crippen molar-refractivity contribution in [2.24, 2.45) is 0 Å². The number of hydrogen-bond acceptors (Lipinski definition) is 1. The van der Waals surface area contributed by atoms with Gasteiger partial charge in [0, 0.05) is 32.0 Å². The topological polar surface area (TPSA) is 23.6 Å². The highest BCUT2D eigenvalue weighted by Gasteiger charge is 2.30. The molecular formula is C16H27N2OP. The fourth-order valence-electron chi connectivity index (χ4n) is 2.37. The van der Waals surface area contributed by atoms with Gasteiger partial charge >= 0.3 is 0 Å². The lowest BCUT2D eigenvalue weighted by molar-refractivity contribution is 0.368. The molecule has 0 aliphatic carbocycles. The summed E-state index contributed by atoms with van der Waals surface area (Å²) in [5.41, 5.74) is 1.09. The van der Waals surface area contributed by atoms with Gasteiger partial charge in [0.15, 0.2) is 0 Å². The maximum atomic E-state index is 13.5. The van der Waals surface area contributed by atoms with Crippen molar-refractivity contribution < 1.29 is 4.57 Å². The van der Waals surface area contributed by atoms with E-state index in [2.05, 4.69) is 37.0 Å². The van der Waals surface area contributed by atoms with E-state index in [4.69, 9.17) is 0 Å². The molecule has 0 aromatic heterocycles. The first kappa shape index (κ1) is 17.2. The van der Waals surface area contributed by atoms with Crippen LogP contribution in [0, 0.1) is 0 Å². The second-order valence-corrected chi connectivity index (χ2v) is 7.20. The molecule has 0 radical (unpaired) electrons. The lowest BCUT2D eigenvalue weighted by Crippen LogP contribution is -2.30. The van der Waals surface area contributed by atoms with E-state index in [0.29, 0.717) is 0 Å². The van der Waals surface area contributed by atoms with Crippen LogP contribution in [0.25, 0.3) is 6.08 Å². The minimum Gasteiger partial charge on any atom is -0.284 e.